The molecule has 5 N–H and O–H groups in total. The van der Waals surface area contributed by atoms with Crippen LogP contribution in [0.25, 0.3) is 12.2 Å². The SMILES string of the molecule is C=C(C)C(=O)OC(C)(C)C.OC1=C(O)C(O)=C(O)C(OC(C=Cc2ccc(O)cc2)=Cc2ccccc2)O1. The minimum Gasteiger partial charge on any atom is -0.508 e. The number of aliphatic hydroxyl groups is 4. The summed E-state index contributed by atoms with van der Waals surface area (Å²) in [5.41, 5.74) is 1.59. The van der Waals surface area contributed by atoms with Gasteiger partial charge in [-0.05, 0) is 63.1 Å². The number of carbonyl (C=O) groups is 1. The van der Waals surface area contributed by atoms with Gasteiger partial charge in [0, 0.05) is 5.57 Å². The van der Waals surface area contributed by atoms with Crippen LogP contribution in [0.5, 0.6) is 5.75 Å². The molecule has 0 aromatic heterocycles. The molecular formula is C29H32O9. The number of allylic oxidation sites excluding steroid dienone is 1. The molecular weight excluding hydrogens is 492 g/mol. The van der Waals surface area contributed by atoms with Crippen molar-refractivity contribution < 1.29 is 44.5 Å². The summed E-state index contributed by atoms with van der Waals surface area (Å²) >= 11 is 0. The van der Waals surface area contributed by atoms with E-state index in [-0.39, 0.29) is 17.5 Å². The molecule has 1 unspecified atom stereocenters. The van der Waals surface area contributed by atoms with Crippen LogP contribution >= 0.6 is 0 Å². The number of esters is 1. The van der Waals surface area contributed by atoms with Gasteiger partial charge in [-0.1, -0.05) is 55.1 Å². The molecule has 202 valence electrons. The number of benzene rings is 2. The lowest BCUT2D eigenvalue weighted by atomic mass is 10.1. The van der Waals surface area contributed by atoms with E-state index in [9.17, 15) is 30.3 Å². The highest BCUT2D eigenvalue weighted by Crippen LogP contribution is 2.27. The first kappa shape index (κ1) is 29.4. The van der Waals surface area contributed by atoms with Gasteiger partial charge in [-0.3, -0.25) is 0 Å². The first-order valence-corrected chi connectivity index (χ1v) is 11.5. The van der Waals surface area contributed by atoms with Crippen LogP contribution in [0.15, 0.2) is 102 Å². The van der Waals surface area contributed by atoms with Crippen molar-refractivity contribution in [2.24, 2.45) is 0 Å². The molecule has 0 aliphatic carbocycles. The van der Waals surface area contributed by atoms with Gasteiger partial charge in [0.05, 0.1) is 0 Å². The number of aromatic hydroxyl groups is 1. The van der Waals surface area contributed by atoms with Crippen LogP contribution in [-0.4, -0.2) is 43.4 Å². The lowest BCUT2D eigenvalue weighted by molar-refractivity contribution is -0.149. The summed E-state index contributed by atoms with van der Waals surface area (Å²) < 4.78 is 15.4. The molecule has 2 aromatic carbocycles. The van der Waals surface area contributed by atoms with E-state index in [4.69, 9.17) is 14.2 Å². The Morgan fingerprint density at radius 1 is 0.921 bits per heavy atom. The van der Waals surface area contributed by atoms with Crippen LogP contribution in [-0.2, 0) is 19.0 Å². The van der Waals surface area contributed by atoms with Crippen molar-refractivity contribution in [1.82, 2.24) is 0 Å². The third-order valence-electron chi connectivity index (χ3n) is 4.54. The number of hydrogen-bond donors (Lipinski definition) is 5. The summed E-state index contributed by atoms with van der Waals surface area (Å²) in [6.07, 6.45) is 3.38. The Hall–Kier alpha value is -4.79. The summed E-state index contributed by atoms with van der Waals surface area (Å²) in [5, 5.41) is 47.9. The number of ether oxygens (including phenoxy) is 3. The molecule has 0 radical (unpaired) electrons. The maximum absolute atomic E-state index is 10.8. The first-order chi connectivity index (χ1) is 17.8. The van der Waals surface area contributed by atoms with E-state index in [1.807, 2.05) is 51.1 Å². The second kappa shape index (κ2) is 13.0. The largest absolute Gasteiger partial charge is 0.508 e. The second-order valence-electron chi connectivity index (χ2n) is 9.12. The zero-order chi connectivity index (χ0) is 28.5. The predicted octanol–water partition coefficient (Wildman–Crippen LogP) is 6.34. The first-order valence-electron chi connectivity index (χ1n) is 11.5. The highest BCUT2D eigenvalue weighted by atomic mass is 16.7. The molecule has 0 spiro atoms. The van der Waals surface area contributed by atoms with E-state index >= 15 is 0 Å². The van der Waals surface area contributed by atoms with Crippen LogP contribution in [0, 0.1) is 0 Å². The zero-order valence-electron chi connectivity index (χ0n) is 21.6. The zero-order valence-corrected chi connectivity index (χ0v) is 21.6. The Bertz CT molecular complexity index is 1250. The number of aliphatic hydroxyl groups excluding tert-OH is 4. The number of carbonyl (C=O) groups excluding carboxylic acids is 1. The highest BCUT2D eigenvalue weighted by Gasteiger charge is 2.33. The van der Waals surface area contributed by atoms with E-state index in [1.165, 1.54) is 12.1 Å². The van der Waals surface area contributed by atoms with E-state index in [0.29, 0.717) is 5.57 Å². The maximum Gasteiger partial charge on any atom is 0.333 e. The lowest BCUT2D eigenvalue weighted by Gasteiger charge is -2.23. The normalized spacial score (nSPS) is 15.9. The molecule has 1 aliphatic heterocycles. The van der Waals surface area contributed by atoms with Crippen molar-refractivity contribution in [2.75, 3.05) is 0 Å². The summed E-state index contributed by atoms with van der Waals surface area (Å²) in [6, 6.07) is 15.6. The molecule has 0 saturated heterocycles. The van der Waals surface area contributed by atoms with Gasteiger partial charge in [-0.25, -0.2) is 4.79 Å². The Morgan fingerprint density at radius 2 is 1.53 bits per heavy atom. The Morgan fingerprint density at radius 3 is 2.05 bits per heavy atom. The minimum absolute atomic E-state index is 0.136. The molecule has 1 aliphatic rings. The quantitative estimate of drug-likeness (QED) is 0.126. The Balaban J connectivity index is 0.000000432. The fraction of sp³-hybridized carbons (Fsp3) is 0.207. The summed E-state index contributed by atoms with van der Waals surface area (Å²) in [4.78, 5) is 10.8. The van der Waals surface area contributed by atoms with Crippen LogP contribution in [0.3, 0.4) is 0 Å². The minimum atomic E-state index is -1.56. The van der Waals surface area contributed by atoms with Gasteiger partial charge < -0.3 is 39.7 Å². The Labute approximate surface area is 221 Å². The van der Waals surface area contributed by atoms with Gasteiger partial charge >= 0.3 is 18.2 Å². The van der Waals surface area contributed by atoms with Gasteiger partial charge in [0.1, 0.15) is 17.1 Å². The van der Waals surface area contributed by atoms with Gasteiger partial charge in [-0.2, -0.15) is 0 Å². The van der Waals surface area contributed by atoms with Gasteiger partial charge in [-0.15, -0.1) is 0 Å². The van der Waals surface area contributed by atoms with Gasteiger partial charge in [0.2, 0.25) is 17.3 Å². The molecule has 9 heteroatoms. The summed E-state index contributed by atoms with van der Waals surface area (Å²) in [7, 11) is 0. The molecule has 9 nitrogen and oxygen atoms in total. The fourth-order valence-electron chi connectivity index (χ4n) is 2.71. The maximum atomic E-state index is 10.8. The van der Waals surface area contributed by atoms with Crippen LogP contribution < -0.4 is 0 Å². The average molecular weight is 525 g/mol. The number of phenols is 1. The molecule has 3 rings (SSSR count). The third-order valence-corrected chi connectivity index (χ3v) is 4.54. The van der Waals surface area contributed by atoms with E-state index in [2.05, 4.69) is 6.58 Å². The summed E-state index contributed by atoms with van der Waals surface area (Å²) in [6.45, 7) is 10.6. The molecule has 1 heterocycles. The third kappa shape index (κ3) is 9.34. The monoisotopic (exact) mass is 524 g/mol. The van der Waals surface area contributed by atoms with E-state index in [1.54, 1.807) is 37.3 Å². The smallest absolute Gasteiger partial charge is 0.333 e. The van der Waals surface area contributed by atoms with Crippen molar-refractivity contribution in [3.05, 3.63) is 113 Å². The van der Waals surface area contributed by atoms with E-state index < -0.39 is 35.1 Å². The van der Waals surface area contributed by atoms with Gasteiger partial charge in [0.25, 0.3) is 0 Å². The second-order valence-corrected chi connectivity index (χ2v) is 9.12. The van der Waals surface area contributed by atoms with Crippen molar-refractivity contribution in [2.45, 2.75) is 39.6 Å². The van der Waals surface area contributed by atoms with Crippen molar-refractivity contribution in [3.63, 3.8) is 0 Å². The fourth-order valence-corrected chi connectivity index (χ4v) is 2.71. The number of phenolic OH excluding ortho intramolecular Hbond substituents is 1. The molecule has 2 aromatic rings. The van der Waals surface area contributed by atoms with Crippen molar-refractivity contribution in [3.8, 4) is 5.75 Å². The average Bonchev–Trinajstić information content (AvgIpc) is 2.85. The van der Waals surface area contributed by atoms with Crippen molar-refractivity contribution >= 4 is 18.1 Å². The van der Waals surface area contributed by atoms with Crippen molar-refractivity contribution in [1.29, 1.82) is 0 Å². The lowest BCUT2D eigenvalue weighted by Crippen LogP contribution is -2.25. The molecule has 0 saturated carbocycles. The standard InChI is InChI=1S/C21H18O7.C8H14O2/c22-15-9-6-13(7-10-15)8-11-16(12-14-4-2-1-3-5-14)27-21-19(25)17(23)18(24)20(26)28-21;1-6(2)7(9)10-8(3,4)5/h1-12,21-26H;1H2,2-5H3. The topological polar surface area (TPSA) is 146 Å². The molecule has 38 heavy (non-hydrogen) atoms. The molecule has 0 bridgehead atoms. The van der Waals surface area contributed by atoms with Crippen LogP contribution in [0.1, 0.15) is 38.8 Å². The predicted molar refractivity (Wildman–Crippen MR) is 143 cm³/mol. The Kier molecular flexibility index (Phi) is 10.0. The summed E-state index contributed by atoms with van der Waals surface area (Å²) in [5.74, 6) is -3.63. The van der Waals surface area contributed by atoms with Gasteiger partial charge in [0.15, 0.2) is 0 Å². The molecule has 0 fully saturated rings. The number of hydrogen-bond acceptors (Lipinski definition) is 9. The highest BCUT2D eigenvalue weighted by molar-refractivity contribution is 5.87. The van der Waals surface area contributed by atoms with Crippen LogP contribution in [0.2, 0.25) is 0 Å². The molecule has 0 amide bonds. The van der Waals surface area contributed by atoms with Crippen LogP contribution in [0.4, 0.5) is 0 Å². The van der Waals surface area contributed by atoms with E-state index in [0.717, 1.165) is 11.1 Å². The molecule has 1 atom stereocenters. The number of rotatable bonds is 6.